The summed E-state index contributed by atoms with van der Waals surface area (Å²) in [7, 11) is -2.00. The van der Waals surface area contributed by atoms with E-state index >= 15 is 0 Å². The Morgan fingerprint density at radius 1 is 0.771 bits per heavy atom. The Morgan fingerprint density at radius 2 is 1.40 bits per heavy atom. The molecule has 0 aliphatic heterocycles. The molecule has 0 fully saturated rings. The molecule has 1 N–H and O–H groups in total. The molecule has 6 nitrogen and oxygen atoms in total. The molecule has 0 bridgehead atoms. The molecule has 0 aliphatic rings. The summed E-state index contributed by atoms with van der Waals surface area (Å²) in [5.41, 5.74) is 4.35. The Labute approximate surface area is 204 Å². The summed E-state index contributed by atoms with van der Waals surface area (Å²) < 4.78 is 31.9. The summed E-state index contributed by atoms with van der Waals surface area (Å²) in [5, 5.41) is 3.27. The van der Waals surface area contributed by atoms with Crippen molar-refractivity contribution in [2.75, 3.05) is 12.4 Å². The number of nitrogens with one attached hydrogen (secondary N) is 1. The van der Waals surface area contributed by atoms with Crippen LogP contribution in [0.2, 0.25) is 0 Å². The van der Waals surface area contributed by atoms with E-state index in [1.54, 1.807) is 37.4 Å². The van der Waals surface area contributed by atoms with Crippen LogP contribution in [0.1, 0.15) is 5.69 Å². The molecular weight excluding hydrogens is 458 g/mol. The second kappa shape index (κ2) is 9.56. The van der Waals surface area contributed by atoms with Gasteiger partial charge in [0.25, 0.3) is 0 Å². The molecule has 0 radical (unpaired) electrons. The SMILES string of the molecule is COc1cc(Nc2nc3ccccc3nc2CS(=O)(=O)c2ccccc2)ccc1-c1ccccc1. The average Bonchev–Trinajstić information content (AvgIpc) is 2.90. The first kappa shape index (κ1) is 22.6. The van der Waals surface area contributed by atoms with Crippen LogP contribution in [0, 0.1) is 0 Å². The number of methoxy groups -OCH3 is 1. The smallest absolute Gasteiger partial charge is 0.184 e. The predicted octanol–water partition coefficient (Wildman–Crippen LogP) is 6.02. The van der Waals surface area contributed by atoms with Crippen LogP contribution < -0.4 is 10.1 Å². The Kier molecular flexibility index (Phi) is 6.16. The highest BCUT2D eigenvalue weighted by Crippen LogP contribution is 2.34. The first-order valence-electron chi connectivity index (χ1n) is 11.1. The van der Waals surface area contributed by atoms with Gasteiger partial charge in [0.1, 0.15) is 11.5 Å². The number of hydrogen-bond acceptors (Lipinski definition) is 6. The largest absolute Gasteiger partial charge is 0.496 e. The summed E-state index contributed by atoms with van der Waals surface area (Å²) in [5.74, 6) is 0.794. The number of aromatic nitrogens is 2. The molecule has 0 saturated heterocycles. The van der Waals surface area contributed by atoms with E-state index in [4.69, 9.17) is 9.72 Å². The van der Waals surface area contributed by atoms with Crippen LogP contribution in [0.5, 0.6) is 5.75 Å². The molecular formula is C28H23N3O3S. The van der Waals surface area contributed by atoms with Gasteiger partial charge in [0.2, 0.25) is 0 Å². The average molecular weight is 482 g/mol. The van der Waals surface area contributed by atoms with Gasteiger partial charge in [-0.25, -0.2) is 18.4 Å². The van der Waals surface area contributed by atoms with Gasteiger partial charge in [-0.1, -0.05) is 60.7 Å². The van der Waals surface area contributed by atoms with Crippen molar-refractivity contribution in [1.29, 1.82) is 0 Å². The lowest BCUT2D eigenvalue weighted by Gasteiger charge is -2.15. The van der Waals surface area contributed by atoms with Crippen molar-refractivity contribution in [3.05, 3.63) is 109 Å². The molecule has 1 heterocycles. The van der Waals surface area contributed by atoms with Crippen molar-refractivity contribution >= 4 is 32.4 Å². The number of sulfone groups is 1. The van der Waals surface area contributed by atoms with E-state index < -0.39 is 9.84 Å². The van der Waals surface area contributed by atoms with Gasteiger partial charge < -0.3 is 10.1 Å². The van der Waals surface area contributed by atoms with Gasteiger partial charge in [-0.15, -0.1) is 0 Å². The minimum absolute atomic E-state index is 0.245. The monoisotopic (exact) mass is 481 g/mol. The molecule has 4 aromatic carbocycles. The van der Waals surface area contributed by atoms with Crippen LogP contribution in [0.25, 0.3) is 22.2 Å². The topological polar surface area (TPSA) is 81.2 Å². The maximum Gasteiger partial charge on any atom is 0.184 e. The van der Waals surface area contributed by atoms with Crippen molar-refractivity contribution in [3.63, 3.8) is 0 Å². The molecule has 5 rings (SSSR count). The molecule has 174 valence electrons. The zero-order valence-electron chi connectivity index (χ0n) is 19.0. The molecule has 5 aromatic rings. The third-order valence-corrected chi connectivity index (χ3v) is 7.26. The fourth-order valence-corrected chi connectivity index (χ4v) is 5.19. The number of rotatable bonds is 7. The van der Waals surface area contributed by atoms with Crippen LogP contribution in [0.3, 0.4) is 0 Å². The standard InChI is InChI=1S/C28H23N3O3S/c1-34-27-18-21(16-17-23(27)20-10-4-2-5-11-20)29-28-26(30-24-14-8-9-15-25(24)31-28)19-35(32,33)22-12-6-3-7-13-22/h2-18H,19H2,1H3,(H,29,31). The number of fused-ring (bicyclic) bond motifs is 1. The molecule has 0 spiro atoms. The second-order valence-corrected chi connectivity index (χ2v) is 9.98. The third kappa shape index (κ3) is 4.85. The zero-order valence-corrected chi connectivity index (χ0v) is 19.9. The fourth-order valence-electron chi connectivity index (χ4n) is 3.89. The summed E-state index contributed by atoms with van der Waals surface area (Å²) in [6.45, 7) is 0. The van der Waals surface area contributed by atoms with E-state index in [1.807, 2.05) is 72.8 Å². The Balaban J connectivity index is 1.55. The van der Waals surface area contributed by atoms with Crippen LogP contribution in [0.15, 0.2) is 108 Å². The van der Waals surface area contributed by atoms with E-state index in [0.29, 0.717) is 34.0 Å². The fraction of sp³-hybridized carbons (Fsp3) is 0.0714. The first-order valence-corrected chi connectivity index (χ1v) is 12.7. The van der Waals surface area contributed by atoms with Crippen LogP contribution >= 0.6 is 0 Å². The lowest BCUT2D eigenvalue weighted by molar-refractivity contribution is 0.416. The van der Waals surface area contributed by atoms with Crippen LogP contribution in [-0.4, -0.2) is 25.5 Å². The van der Waals surface area contributed by atoms with Crippen molar-refractivity contribution < 1.29 is 13.2 Å². The maximum atomic E-state index is 13.1. The minimum atomic E-state index is -3.62. The molecule has 0 aliphatic carbocycles. The lowest BCUT2D eigenvalue weighted by Crippen LogP contribution is -2.10. The summed E-state index contributed by atoms with van der Waals surface area (Å²) in [6, 6.07) is 31.5. The van der Waals surface area contributed by atoms with Gasteiger partial charge in [-0.05, 0) is 42.0 Å². The first-order chi connectivity index (χ1) is 17.0. The molecule has 1 aromatic heterocycles. The molecule has 0 saturated carbocycles. The van der Waals surface area contributed by atoms with E-state index in [-0.39, 0.29) is 10.6 Å². The van der Waals surface area contributed by atoms with Gasteiger partial charge in [-0.2, -0.15) is 0 Å². The normalized spacial score (nSPS) is 11.3. The Morgan fingerprint density at radius 3 is 2.09 bits per heavy atom. The van der Waals surface area contributed by atoms with Gasteiger partial charge >= 0.3 is 0 Å². The van der Waals surface area contributed by atoms with Crippen molar-refractivity contribution in [1.82, 2.24) is 9.97 Å². The number of nitrogens with zero attached hydrogens (tertiary/aromatic N) is 2. The Bertz CT molecular complexity index is 1590. The third-order valence-electron chi connectivity index (χ3n) is 5.62. The minimum Gasteiger partial charge on any atom is -0.496 e. The number of benzene rings is 4. The Hall–Kier alpha value is -4.23. The lowest BCUT2D eigenvalue weighted by atomic mass is 10.0. The predicted molar refractivity (Wildman–Crippen MR) is 139 cm³/mol. The highest BCUT2D eigenvalue weighted by Gasteiger charge is 2.20. The van der Waals surface area contributed by atoms with E-state index in [0.717, 1.165) is 11.1 Å². The quantitative estimate of drug-likeness (QED) is 0.306. The molecule has 7 heteroatoms. The van der Waals surface area contributed by atoms with Crippen molar-refractivity contribution in [2.24, 2.45) is 0 Å². The highest BCUT2D eigenvalue weighted by atomic mass is 32.2. The van der Waals surface area contributed by atoms with Gasteiger partial charge in [0, 0.05) is 17.3 Å². The van der Waals surface area contributed by atoms with Crippen molar-refractivity contribution in [2.45, 2.75) is 10.6 Å². The van der Waals surface area contributed by atoms with E-state index in [1.165, 1.54) is 0 Å². The number of ether oxygens (including phenoxy) is 1. The molecule has 35 heavy (non-hydrogen) atoms. The maximum absolute atomic E-state index is 13.1. The van der Waals surface area contributed by atoms with Crippen molar-refractivity contribution in [3.8, 4) is 16.9 Å². The van der Waals surface area contributed by atoms with Gasteiger partial charge in [0.05, 0.1) is 28.7 Å². The summed E-state index contributed by atoms with van der Waals surface area (Å²) >= 11 is 0. The van der Waals surface area contributed by atoms with Gasteiger partial charge in [-0.3, -0.25) is 0 Å². The molecule has 0 amide bonds. The molecule has 0 atom stereocenters. The summed E-state index contributed by atoms with van der Waals surface area (Å²) in [6.07, 6.45) is 0. The zero-order chi connectivity index (χ0) is 24.3. The highest BCUT2D eigenvalue weighted by molar-refractivity contribution is 7.90. The van der Waals surface area contributed by atoms with Gasteiger partial charge in [0.15, 0.2) is 15.7 Å². The number of hydrogen-bond donors (Lipinski definition) is 1. The summed E-state index contributed by atoms with van der Waals surface area (Å²) in [4.78, 5) is 9.61. The number of anilines is 2. The van der Waals surface area contributed by atoms with E-state index in [9.17, 15) is 8.42 Å². The second-order valence-electron chi connectivity index (χ2n) is 7.99. The van der Waals surface area contributed by atoms with Crippen LogP contribution in [-0.2, 0) is 15.6 Å². The van der Waals surface area contributed by atoms with E-state index in [2.05, 4.69) is 10.3 Å². The number of para-hydroxylation sites is 2. The molecule has 0 unspecified atom stereocenters. The van der Waals surface area contributed by atoms with Crippen LogP contribution in [0.4, 0.5) is 11.5 Å².